The number of isocyanates is 1. The molecule has 1 fully saturated rings. The van der Waals surface area contributed by atoms with Crippen LogP contribution < -0.4 is 0 Å². The minimum absolute atomic E-state index is 0.703. The summed E-state index contributed by atoms with van der Waals surface area (Å²) in [6, 6.07) is 8.99. The predicted octanol–water partition coefficient (Wildman–Crippen LogP) is 2.46. The maximum atomic E-state index is 10.1. The molecule has 0 saturated heterocycles. The highest BCUT2D eigenvalue weighted by Gasteiger charge is 2.23. The van der Waals surface area contributed by atoms with E-state index in [2.05, 4.69) is 4.99 Å². The number of hydrogen-bond donors (Lipinski definition) is 0. The van der Waals surface area contributed by atoms with Crippen molar-refractivity contribution in [1.82, 2.24) is 0 Å². The molecule has 0 N–H and O–H groups in total. The molecule has 1 unspecified atom stereocenters. The third-order valence-corrected chi connectivity index (χ3v) is 2.61. The number of rotatable bonds is 3. The van der Waals surface area contributed by atoms with E-state index in [0.717, 1.165) is 5.56 Å². The smallest absolute Gasteiger partial charge is 0.211 e. The molecule has 0 aliphatic heterocycles. The number of nitrogens with zero attached hydrogens (tertiary/aromatic N) is 2. The SMILES string of the molecule is N#CC(N=C=O)c1ccc(C2CC2)cc1. The molecule has 1 atom stereocenters. The normalized spacial score (nSPS) is 16.2. The van der Waals surface area contributed by atoms with Crippen LogP contribution in [0.2, 0.25) is 0 Å². The first-order valence-electron chi connectivity index (χ1n) is 4.91. The van der Waals surface area contributed by atoms with Crippen molar-refractivity contribution in [1.29, 1.82) is 5.26 Å². The topological polar surface area (TPSA) is 53.2 Å². The molecule has 3 nitrogen and oxygen atoms in total. The second-order valence-corrected chi connectivity index (χ2v) is 3.69. The second-order valence-electron chi connectivity index (χ2n) is 3.69. The average molecular weight is 198 g/mol. The lowest BCUT2D eigenvalue weighted by Crippen LogP contribution is -1.91. The first-order valence-corrected chi connectivity index (χ1v) is 4.91. The Morgan fingerprint density at radius 3 is 2.47 bits per heavy atom. The van der Waals surface area contributed by atoms with Gasteiger partial charge in [0.15, 0.2) is 6.04 Å². The summed E-state index contributed by atoms with van der Waals surface area (Å²) in [4.78, 5) is 13.5. The molecular formula is C12H10N2O. The van der Waals surface area contributed by atoms with Gasteiger partial charge in [-0.3, -0.25) is 0 Å². The number of carbonyl (C=O) groups excluding carboxylic acids is 1. The fourth-order valence-electron chi connectivity index (χ4n) is 1.60. The van der Waals surface area contributed by atoms with Crippen molar-refractivity contribution >= 4 is 6.08 Å². The molecule has 74 valence electrons. The van der Waals surface area contributed by atoms with Gasteiger partial charge in [0, 0.05) is 0 Å². The Morgan fingerprint density at radius 1 is 1.33 bits per heavy atom. The van der Waals surface area contributed by atoms with E-state index in [1.165, 1.54) is 24.5 Å². The van der Waals surface area contributed by atoms with Crippen molar-refractivity contribution in [3.8, 4) is 6.07 Å². The van der Waals surface area contributed by atoms with Crippen LogP contribution in [0.25, 0.3) is 0 Å². The quantitative estimate of drug-likeness (QED) is 0.553. The Morgan fingerprint density at radius 2 is 2.00 bits per heavy atom. The van der Waals surface area contributed by atoms with Crippen LogP contribution in [0, 0.1) is 11.3 Å². The third-order valence-electron chi connectivity index (χ3n) is 2.61. The molecule has 1 aromatic carbocycles. The minimum Gasteiger partial charge on any atom is -0.211 e. The standard InChI is InChI=1S/C12H10N2O/c13-7-12(14-8-15)11-5-3-10(4-6-11)9-1-2-9/h3-6,9,12H,1-2H2. The van der Waals surface area contributed by atoms with E-state index in [0.29, 0.717) is 5.92 Å². The van der Waals surface area contributed by atoms with Gasteiger partial charge in [-0.25, -0.2) is 4.79 Å². The summed E-state index contributed by atoms with van der Waals surface area (Å²) in [5.41, 5.74) is 2.07. The van der Waals surface area contributed by atoms with Gasteiger partial charge in [0.05, 0.1) is 6.07 Å². The highest BCUT2D eigenvalue weighted by Crippen LogP contribution is 2.40. The van der Waals surface area contributed by atoms with Gasteiger partial charge in [0.1, 0.15) is 0 Å². The minimum atomic E-state index is -0.712. The zero-order chi connectivity index (χ0) is 10.7. The molecule has 0 heterocycles. The van der Waals surface area contributed by atoms with Crippen molar-refractivity contribution < 1.29 is 4.79 Å². The average Bonchev–Trinajstić information content (AvgIpc) is 3.10. The number of hydrogen-bond acceptors (Lipinski definition) is 3. The Labute approximate surface area is 88.1 Å². The first kappa shape index (κ1) is 9.64. The predicted molar refractivity (Wildman–Crippen MR) is 54.9 cm³/mol. The highest BCUT2D eigenvalue weighted by atomic mass is 16.1. The Kier molecular flexibility index (Phi) is 2.62. The summed E-state index contributed by atoms with van der Waals surface area (Å²) < 4.78 is 0. The van der Waals surface area contributed by atoms with Gasteiger partial charge in [-0.05, 0) is 29.9 Å². The van der Waals surface area contributed by atoms with Crippen LogP contribution >= 0.6 is 0 Å². The van der Waals surface area contributed by atoms with Crippen LogP contribution in [0.5, 0.6) is 0 Å². The molecule has 0 aromatic heterocycles. The molecule has 1 aliphatic carbocycles. The van der Waals surface area contributed by atoms with Crippen LogP contribution in [-0.2, 0) is 4.79 Å². The fraction of sp³-hybridized carbons (Fsp3) is 0.333. The molecule has 15 heavy (non-hydrogen) atoms. The molecule has 3 heteroatoms. The maximum absolute atomic E-state index is 10.1. The van der Waals surface area contributed by atoms with Crippen molar-refractivity contribution in [2.24, 2.45) is 4.99 Å². The van der Waals surface area contributed by atoms with Crippen LogP contribution in [0.4, 0.5) is 0 Å². The Balaban J connectivity index is 2.21. The maximum Gasteiger partial charge on any atom is 0.236 e. The summed E-state index contributed by atoms with van der Waals surface area (Å²) in [5, 5.41) is 8.78. The highest BCUT2D eigenvalue weighted by molar-refractivity contribution is 5.38. The van der Waals surface area contributed by atoms with Gasteiger partial charge < -0.3 is 0 Å². The van der Waals surface area contributed by atoms with Crippen LogP contribution in [0.3, 0.4) is 0 Å². The molecule has 2 rings (SSSR count). The summed E-state index contributed by atoms with van der Waals surface area (Å²) in [6.45, 7) is 0. The van der Waals surface area contributed by atoms with Crippen LogP contribution in [0.1, 0.15) is 35.9 Å². The molecule has 1 saturated carbocycles. The monoisotopic (exact) mass is 198 g/mol. The van der Waals surface area contributed by atoms with Gasteiger partial charge in [0.2, 0.25) is 6.08 Å². The van der Waals surface area contributed by atoms with E-state index in [1.54, 1.807) is 0 Å². The van der Waals surface area contributed by atoms with Crippen molar-refractivity contribution in [3.63, 3.8) is 0 Å². The Bertz CT molecular complexity index is 434. The zero-order valence-electron chi connectivity index (χ0n) is 8.18. The van der Waals surface area contributed by atoms with Gasteiger partial charge in [-0.15, -0.1) is 0 Å². The van der Waals surface area contributed by atoms with E-state index < -0.39 is 6.04 Å². The molecule has 0 amide bonds. The van der Waals surface area contributed by atoms with E-state index >= 15 is 0 Å². The van der Waals surface area contributed by atoms with E-state index in [1.807, 2.05) is 30.3 Å². The summed E-state index contributed by atoms with van der Waals surface area (Å²) >= 11 is 0. The second kappa shape index (κ2) is 4.08. The van der Waals surface area contributed by atoms with Gasteiger partial charge in [-0.1, -0.05) is 24.3 Å². The van der Waals surface area contributed by atoms with Gasteiger partial charge in [0.25, 0.3) is 0 Å². The van der Waals surface area contributed by atoms with E-state index in [9.17, 15) is 4.79 Å². The van der Waals surface area contributed by atoms with Crippen LogP contribution in [-0.4, -0.2) is 6.08 Å². The Hall–Kier alpha value is -1.91. The third kappa shape index (κ3) is 2.12. The largest absolute Gasteiger partial charge is 0.236 e. The molecule has 0 spiro atoms. The molecular weight excluding hydrogens is 188 g/mol. The van der Waals surface area contributed by atoms with E-state index in [4.69, 9.17) is 5.26 Å². The molecule has 0 radical (unpaired) electrons. The lowest BCUT2D eigenvalue weighted by Gasteiger charge is -2.03. The number of benzene rings is 1. The summed E-state index contributed by atoms with van der Waals surface area (Å²) in [6.07, 6.45) is 3.93. The van der Waals surface area contributed by atoms with Gasteiger partial charge >= 0.3 is 0 Å². The summed E-state index contributed by atoms with van der Waals surface area (Å²) in [7, 11) is 0. The first-order chi connectivity index (χ1) is 7.35. The van der Waals surface area contributed by atoms with Crippen molar-refractivity contribution in [3.05, 3.63) is 35.4 Å². The van der Waals surface area contributed by atoms with Gasteiger partial charge in [-0.2, -0.15) is 10.3 Å². The van der Waals surface area contributed by atoms with E-state index in [-0.39, 0.29) is 0 Å². The summed E-state index contributed by atoms with van der Waals surface area (Å²) in [5.74, 6) is 0.703. The molecule has 0 bridgehead atoms. The number of aliphatic imine (C=N–C) groups is 1. The molecule has 1 aromatic rings. The van der Waals surface area contributed by atoms with Crippen molar-refractivity contribution in [2.75, 3.05) is 0 Å². The lowest BCUT2D eigenvalue weighted by atomic mass is 10.0. The fourth-order valence-corrected chi connectivity index (χ4v) is 1.60. The number of nitriles is 1. The zero-order valence-corrected chi connectivity index (χ0v) is 8.18. The van der Waals surface area contributed by atoms with Crippen molar-refractivity contribution in [2.45, 2.75) is 24.8 Å². The molecule has 1 aliphatic rings. The van der Waals surface area contributed by atoms with Crippen LogP contribution in [0.15, 0.2) is 29.3 Å². The lowest BCUT2D eigenvalue weighted by molar-refractivity contribution is 0.561.